The standard InChI is InChI=1S/C15H22N2O3/c1-2-19-15(18)13-9-11(16)6-7-14(13)17-10-12-5-3-4-8-20-12/h6-7,9,12,17H,2-5,8,10,16H2,1H3. The van der Waals surface area contributed by atoms with Gasteiger partial charge in [0.05, 0.1) is 18.3 Å². The van der Waals surface area contributed by atoms with E-state index >= 15 is 0 Å². The van der Waals surface area contributed by atoms with E-state index in [0.717, 1.165) is 25.1 Å². The van der Waals surface area contributed by atoms with Crippen LogP contribution in [0.4, 0.5) is 11.4 Å². The monoisotopic (exact) mass is 278 g/mol. The first kappa shape index (κ1) is 14.7. The van der Waals surface area contributed by atoms with E-state index in [4.69, 9.17) is 15.2 Å². The lowest BCUT2D eigenvalue weighted by molar-refractivity contribution is 0.0247. The fraction of sp³-hybridized carbons (Fsp3) is 0.533. The Balaban J connectivity index is 2.03. The zero-order valence-corrected chi connectivity index (χ0v) is 11.9. The summed E-state index contributed by atoms with van der Waals surface area (Å²) in [7, 11) is 0. The molecule has 1 fully saturated rings. The molecule has 0 aromatic heterocycles. The van der Waals surface area contributed by atoms with Crippen LogP contribution in [-0.2, 0) is 9.47 Å². The minimum absolute atomic E-state index is 0.205. The number of nitrogens with one attached hydrogen (secondary N) is 1. The summed E-state index contributed by atoms with van der Waals surface area (Å²) in [6.07, 6.45) is 3.58. The molecule has 0 bridgehead atoms. The molecular formula is C15H22N2O3. The largest absolute Gasteiger partial charge is 0.462 e. The summed E-state index contributed by atoms with van der Waals surface area (Å²) in [5.41, 5.74) is 7.51. The second-order valence-electron chi connectivity index (χ2n) is 4.89. The zero-order chi connectivity index (χ0) is 14.4. The van der Waals surface area contributed by atoms with Crippen LogP contribution in [0.3, 0.4) is 0 Å². The molecule has 1 aliphatic rings. The molecule has 0 aliphatic carbocycles. The van der Waals surface area contributed by atoms with Crippen molar-refractivity contribution in [1.82, 2.24) is 0 Å². The highest BCUT2D eigenvalue weighted by Gasteiger charge is 2.16. The van der Waals surface area contributed by atoms with Crippen LogP contribution < -0.4 is 11.1 Å². The van der Waals surface area contributed by atoms with Crippen LogP contribution in [0.1, 0.15) is 36.5 Å². The number of anilines is 2. The van der Waals surface area contributed by atoms with Gasteiger partial charge in [-0.1, -0.05) is 0 Å². The molecule has 20 heavy (non-hydrogen) atoms. The molecule has 1 aliphatic heterocycles. The Morgan fingerprint density at radius 2 is 2.35 bits per heavy atom. The van der Waals surface area contributed by atoms with E-state index in [-0.39, 0.29) is 12.1 Å². The van der Waals surface area contributed by atoms with Gasteiger partial charge in [0.25, 0.3) is 0 Å². The molecule has 3 N–H and O–H groups in total. The van der Waals surface area contributed by atoms with Crippen LogP contribution in [0.15, 0.2) is 18.2 Å². The molecular weight excluding hydrogens is 256 g/mol. The van der Waals surface area contributed by atoms with Crippen molar-refractivity contribution in [3.05, 3.63) is 23.8 Å². The Morgan fingerprint density at radius 3 is 3.05 bits per heavy atom. The average Bonchev–Trinajstić information content (AvgIpc) is 2.47. The first-order valence-corrected chi connectivity index (χ1v) is 7.13. The molecule has 0 amide bonds. The summed E-state index contributed by atoms with van der Waals surface area (Å²) in [5.74, 6) is -0.355. The van der Waals surface area contributed by atoms with E-state index in [0.29, 0.717) is 24.4 Å². The first-order valence-electron chi connectivity index (χ1n) is 7.13. The molecule has 1 aromatic carbocycles. The quantitative estimate of drug-likeness (QED) is 0.639. The van der Waals surface area contributed by atoms with E-state index in [1.165, 1.54) is 6.42 Å². The third-order valence-electron chi connectivity index (χ3n) is 3.33. The first-order chi connectivity index (χ1) is 9.70. The van der Waals surface area contributed by atoms with Gasteiger partial charge in [0.15, 0.2) is 0 Å². The molecule has 0 radical (unpaired) electrons. The van der Waals surface area contributed by atoms with Crippen LogP contribution in [0.5, 0.6) is 0 Å². The topological polar surface area (TPSA) is 73.6 Å². The average molecular weight is 278 g/mol. The number of carbonyl (C=O) groups excluding carboxylic acids is 1. The Labute approximate surface area is 119 Å². The SMILES string of the molecule is CCOC(=O)c1cc(N)ccc1NCC1CCCCO1. The fourth-order valence-electron chi connectivity index (χ4n) is 2.29. The highest BCUT2D eigenvalue weighted by molar-refractivity contribution is 5.96. The second-order valence-corrected chi connectivity index (χ2v) is 4.89. The Bertz CT molecular complexity index is 456. The molecule has 1 heterocycles. The summed E-state index contributed by atoms with van der Waals surface area (Å²) in [5, 5.41) is 3.27. The number of hydrogen-bond donors (Lipinski definition) is 2. The van der Waals surface area contributed by atoms with Crippen molar-refractivity contribution in [2.75, 3.05) is 30.8 Å². The summed E-state index contributed by atoms with van der Waals surface area (Å²) in [4.78, 5) is 11.9. The highest BCUT2D eigenvalue weighted by Crippen LogP contribution is 2.21. The van der Waals surface area contributed by atoms with Gasteiger partial charge < -0.3 is 20.5 Å². The van der Waals surface area contributed by atoms with Gasteiger partial charge >= 0.3 is 5.97 Å². The van der Waals surface area contributed by atoms with E-state index in [2.05, 4.69) is 5.32 Å². The number of nitrogens with two attached hydrogens (primary N) is 1. The summed E-state index contributed by atoms with van der Waals surface area (Å²) >= 11 is 0. The molecule has 0 saturated carbocycles. The smallest absolute Gasteiger partial charge is 0.340 e. The van der Waals surface area contributed by atoms with Crippen LogP contribution in [-0.4, -0.2) is 31.8 Å². The maximum Gasteiger partial charge on any atom is 0.340 e. The van der Waals surface area contributed by atoms with Gasteiger partial charge in [0.2, 0.25) is 0 Å². The number of nitrogen functional groups attached to an aromatic ring is 1. The van der Waals surface area contributed by atoms with Gasteiger partial charge in [0, 0.05) is 24.5 Å². The Morgan fingerprint density at radius 1 is 1.50 bits per heavy atom. The third-order valence-corrected chi connectivity index (χ3v) is 3.33. The predicted molar refractivity (Wildman–Crippen MR) is 78.9 cm³/mol. The number of esters is 1. The van der Waals surface area contributed by atoms with Crippen molar-refractivity contribution in [2.24, 2.45) is 0 Å². The Kier molecular flexibility index (Phi) is 5.24. The van der Waals surface area contributed by atoms with Crippen LogP contribution in [0.2, 0.25) is 0 Å². The molecule has 0 spiro atoms. The Hall–Kier alpha value is -1.75. The molecule has 1 unspecified atom stereocenters. The van der Waals surface area contributed by atoms with Crippen molar-refractivity contribution in [3.8, 4) is 0 Å². The molecule has 1 atom stereocenters. The molecule has 5 nitrogen and oxygen atoms in total. The summed E-state index contributed by atoms with van der Waals surface area (Å²) in [6, 6.07) is 5.22. The van der Waals surface area contributed by atoms with E-state index in [1.54, 1.807) is 19.1 Å². The minimum atomic E-state index is -0.355. The lowest BCUT2D eigenvalue weighted by Crippen LogP contribution is -2.27. The van der Waals surface area contributed by atoms with Crippen molar-refractivity contribution in [1.29, 1.82) is 0 Å². The number of rotatable bonds is 5. The van der Waals surface area contributed by atoms with E-state index in [1.807, 2.05) is 6.07 Å². The number of hydrogen-bond acceptors (Lipinski definition) is 5. The molecule has 5 heteroatoms. The van der Waals surface area contributed by atoms with Crippen LogP contribution >= 0.6 is 0 Å². The van der Waals surface area contributed by atoms with Crippen molar-refractivity contribution >= 4 is 17.3 Å². The maximum absolute atomic E-state index is 11.9. The lowest BCUT2D eigenvalue weighted by atomic mass is 10.1. The lowest BCUT2D eigenvalue weighted by Gasteiger charge is -2.23. The highest BCUT2D eigenvalue weighted by atomic mass is 16.5. The van der Waals surface area contributed by atoms with Crippen LogP contribution in [0.25, 0.3) is 0 Å². The fourth-order valence-corrected chi connectivity index (χ4v) is 2.29. The van der Waals surface area contributed by atoms with Gasteiger partial charge in [-0.15, -0.1) is 0 Å². The maximum atomic E-state index is 11.9. The van der Waals surface area contributed by atoms with E-state index < -0.39 is 0 Å². The van der Waals surface area contributed by atoms with Crippen molar-refractivity contribution < 1.29 is 14.3 Å². The normalized spacial score (nSPS) is 18.6. The van der Waals surface area contributed by atoms with Gasteiger partial charge in [0.1, 0.15) is 0 Å². The summed E-state index contributed by atoms with van der Waals surface area (Å²) in [6.45, 7) is 3.64. The molecule has 1 saturated heterocycles. The van der Waals surface area contributed by atoms with Gasteiger partial charge in [-0.25, -0.2) is 4.79 Å². The number of benzene rings is 1. The van der Waals surface area contributed by atoms with Gasteiger partial charge in [-0.05, 0) is 44.4 Å². The van der Waals surface area contributed by atoms with Crippen LogP contribution in [0, 0.1) is 0 Å². The summed E-state index contributed by atoms with van der Waals surface area (Å²) < 4.78 is 10.7. The minimum Gasteiger partial charge on any atom is -0.462 e. The third kappa shape index (κ3) is 3.87. The zero-order valence-electron chi connectivity index (χ0n) is 11.9. The van der Waals surface area contributed by atoms with E-state index in [9.17, 15) is 4.79 Å². The second kappa shape index (κ2) is 7.14. The molecule has 2 rings (SSSR count). The molecule has 110 valence electrons. The van der Waals surface area contributed by atoms with Gasteiger partial charge in [-0.2, -0.15) is 0 Å². The van der Waals surface area contributed by atoms with Crippen molar-refractivity contribution in [2.45, 2.75) is 32.3 Å². The van der Waals surface area contributed by atoms with Gasteiger partial charge in [-0.3, -0.25) is 0 Å². The number of ether oxygens (including phenoxy) is 2. The molecule has 1 aromatic rings. The van der Waals surface area contributed by atoms with Crippen molar-refractivity contribution in [3.63, 3.8) is 0 Å². The predicted octanol–water partition coefficient (Wildman–Crippen LogP) is 2.43. The number of carbonyl (C=O) groups is 1.